The van der Waals surface area contributed by atoms with Crippen LogP contribution in [0.1, 0.15) is 5.69 Å². The number of aromatic nitrogens is 2. The number of nitrogens with zero attached hydrogens (tertiary/aromatic N) is 2. The molecule has 17 heavy (non-hydrogen) atoms. The standard InChI is InChI=1S/C11H12IN5/c1-7-5-10(16-11(14-7)17-13)15-9-4-2-3-8(12)6-9/h2-6H,13H2,1H3,(H2,14,15,16,17). The first-order chi connectivity index (χ1) is 8.17. The molecule has 6 heteroatoms. The lowest BCUT2D eigenvalue weighted by molar-refractivity contribution is 1.07. The Labute approximate surface area is 113 Å². The Kier molecular flexibility index (Phi) is 3.75. The molecule has 0 radical (unpaired) electrons. The minimum atomic E-state index is 0.401. The van der Waals surface area contributed by atoms with Crippen LogP contribution in [0.5, 0.6) is 0 Å². The third-order valence-electron chi connectivity index (χ3n) is 2.08. The van der Waals surface area contributed by atoms with Gasteiger partial charge >= 0.3 is 0 Å². The molecule has 0 saturated carbocycles. The molecule has 5 nitrogen and oxygen atoms in total. The van der Waals surface area contributed by atoms with Crippen molar-refractivity contribution >= 4 is 40.0 Å². The van der Waals surface area contributed by atoms with Gasteiger partial charge in [0.1, 0.15) is 5.82 Å². The maximum atomic E-state index is 5.30. The number of nitrogens with one attached hydrogen (secondary N) is 2. The predicted molar refractivity (Wildman–Crippen MR) is 77.0 cm³/mol. The van der Waals surface area contributed by atoms with Gasteiger partial charge in [0, 0.05) is 21.0 Å². The quantitative estimate of drug-likeness (QED) is 0.454. The Morgan fingerprint density at radius 2 is 2.06 bits per heavy atom. The van der Waals surface area contributed by atoms with Gasteiger partial charge in [0.15, 0.2) is 0 Å². The summed E-state index contributed by atoms with van der Waals surface area (Å²) in [5.74, 6) is 6.42. The zero-order valence-electron chi connectivity index (χ0n) is 9.24. The lowest BCUT2D eigenvalue weighted by Gasteiger charge is -2.08. The summed E-state index contributed by atoms with van der Waals surface area (Å²) in [6.45, 7) is 1.89. The van der Waals surface area contributed by atoms with E-state index in [9.17, 15) is 0 Å². The molecule has 0 fully saturated rings. The van der Waals surface area contributed by atoms with Gasteiger partial charge < -0.3 is 5.32 Å². The number of halogens is 1. The fourth-order valence-electron chi connectivity index (χ4n) is 1.41. The van der Waals surface area contributed by atoms with Gasteiger partial charge in [-0.25, -0.2) is 10.8 Å². The summed E-state index contributed by atoms with van der Waals surface area (Å²) in [5, 5.41) is 3.21. The molecule has 0 unspecified atom stereocenters. The van der Waals surface area contributed by atoms with Crippen LogP contribution in [0, 0.1) is 10.5 Å². The minimum Gasteiger partial charge on any atom is -0.340 e. The van der Waals surface area contributed by atoms with Gasteiger partial charge in [0.05, 0.1) is 0 Å². The van der Waals surface area contributed by atoms with E-state index in [1.807, 2.05) is 37.3 Å². The number of anilines is 3. The van der Waals surface area contributed by atoms with E-state index >= 15 is 0 Å². The zero-order chi connectivity index (χ0) is 12.3. The Balaban J connectivity index is 2.26. The number of nitrogens with two attached hydrogens (primary N) is 1. The van der Waals surface area contributed by atoms with Crippen molar-refractivity contribution in [3.8, 4) is 0 Å². The molecular weight excluding hydrogens is 329 g/mol. The van der Waals surface area contributed by atoms with Gasteiger partial charge in [-0.15, -0.1) is 0 Å². The number of hydrogen-bond acceptors (Lipinski definition) is 5. The molecule has 0 amide bonds. The first kappa shape index (κ1) is 12.1. The zero-order valence-corrected chi connectivity index (χ0v) is 11.4. The minimum absolute atomic E-state index is 0.401. The number of aryl methyl sites for hydroxylation is 1. The van der Waals surface area contributed by atoms with Crippen LogP contribution in [-0.4, -0.2) is 9.97 Å². The van der Waals surface area contributed by atoms with Gasteiger partial charge in [-0.1, -0.05) is 6.07 Å². The molecule has 0 aliphatic rings. The molecular formula is C11H12IN5. The monoisotopic (exact) mass is 341 g/mol. The lowest BCUT2D eigenvalue weighted by Crippen LogP contribution is -2.11. The second-order valence-electron chi connectivity index (χ2n) is 3.50. The Hall–Kier alpha value is -1.41. The van der Waals surface area contributed by atoms with Crippen LogP contribution in [0.4, 0.5) is 17.5 Å². The molecule has 4 N–H and O–H groups in total. The molecule has 0 aliphatic carbocycles. The number of hydrazine groups is 1. The molecule has 0 atom stereocenters. The van der Waals surface area contributed by atoms with Crippen LogP contribution in [0.2, 0.25) is 0 Å². The molecule has 1 aromatic heterocycles. The highest BCUT2D eigenvalue weighted by Crippen LogP contribution is 2.18. The molecule has 2 aromatic rings. The summed E-state index contributed by atoms with van der Waals surface area (Å²) in [4.78, 5) is 8.34. The normalized spacial score (nSPS) is 10.1. The second-order valence-corrected chi connectivity index (χ2v) is 4.74. The fourth-order valence-corrected chi connectivity index (χ4v) is 1.95. The molecule has 0 aliphatic heterocycles. The van der Waals surface area contributed by atoms with Crippen LogP contribution < -0.4 is 16.6 Å². The Morgan fingerprint density at radius 3 is 2.76 bits per heavy atom. The highest BCUT2D eigenvalue weighted by atomic mass is 127. The average molecular weight is 341 g/mol. The highest BCUT2D eigenvalue weighted by molar-refractivity contribution is 14.1. The summed E-state index contributed by atoms with van der Waals surface area (Å²) < 4.78 is 1.16. The summed E-state index contributed by atoms with van der Waals surface area (Å²) in [6.07, 6.45) is 0. The third-order valence-corrected chi connectivity index (χ3v) is 2.75. The van der Waals surface area contributed by atoms with E-state index in [0.29, 0.717) is 11.8 Å². The summed E-state index contributed by atoms with van der Waals surface area (Å²) >= 11 is 2.26. The van der Waals surface area contributed by atoms with E-state index in [1.165, 1.54) is 0 Å². The van der Waals surface area contributed by atoms with Crippen molar-refractivity contribution < 1.29 is 0 Å². The van der Waals surface area contributed by atoms with Crippen LogP contribution in [0.3, 0.4) is 0 Å². The van der Waals surface area contributed by atoms with Crippen molar-refractivity contribution in [2.45, 2.75) is 6.92 Å². The average Bonchev–Trinajstić information content (AvgIpc) is 2.28. The van der Waals surface area contributed by atoms with E-state index in [2.05, 4.69) is 43.3 Å². The molecule has 1 aromatic carbocycles. The lowest BCUT2D eigenvalue weighted by atomic mass is 10.3. The summed E-state index contributed by atoms with van der Waals surface area (Å²) in [6, 6.07) is 9.90. The number of benzene rings is 1. The Morgan fingerprint density at radius 1 is 1.24 bits per heavy atom. The van der Waals surface area contributed by atoms with Crippen LogP contribution >= 0.6 is 22.6 Å². The maximum Gasteiger partial charge on any atom is 0.239 e. The smallest absolute Gasteiger partial charge is 0.239 e. The first-order valence-electron chi connectivity index (χ1n) is 5.02. The van der Waals surface area contributed by atoms with Crippen LogP contribution in [0.15, 0.2) is 30.3 Å². The van der Waals surface area contributed by atoms with E-state index in [0.717, 1.165) is 15.0 Å². The van der Waals surface area contributed by atoms with E-state index < -0.39 is 0 Å². The van der Waals surface area contributed by atoms with E-state index in [1.54, 1.807) is 0 Å². The summed E-state index contributed by atoms with van der Waals surface area (Å²) in [7, 11) is 0. The van der Waals surface area contributed by atoms with Crippen molar-refractivity contribution in [1.82, 2.24) is 9.97 Å². The van der Waals surface area contributed by atoms with Crippen molar-refractivity contribution in [3.63, 3.8) is 0 Å². The largest absolute Gasteiger partial charge is 0.340 e. The molecule has 88 valence electrons. The molecule has 0 bridgehead atoms. The SMILES string of the molecule is Cc1cc(Nc2cccc(I)c2)nc(NN)n1. The molecule has 0 spiro atoms. The van der Waals surface area contributed by atoms with Crippen LogP contribution in [0.25, 0.3) is 0 Å². The van der Waals surface area contributed by atoms with Gasteiger partial charge in [-0.2, -0.15) is 4.98 Å². The first-order valence-corrected chi connectivity index (χ1v) is 6.10. The van der Waals surface area contributed by atoms with Crippen molar-refractivity contribution in [3.05, 3.63) is 39.6 Å². The third kappa shape index (κ3) is 3.27. The van der Waals surface area contributed by atoms with Gasteiger partial charge in [-0.05, 0) is 47.7 Å². The molecule has 2 rings (SSSR count). The molecule has 0 saturated heterocycles. The number of nitrogen functional groups attached to an aromatic ring is 1. The van der Waals surface area contributed by atoms with Gasteiger partial charge in [0.25, 0.3) is 0 Å². The second kappa shape index (κ2) is 5.28. The van der Waals surface area contributed by atoms with E-state index in [4.69, 9.17) is 5.84 Å². The topological polar surface area (TPSA) is 75.9 Å². The fraction of sp³-hybridized carbons (Fsp3) is 0.0909. The van der Waals surface area contributed by atoms with Gasteiger partial charge in [0.2, 0.25) is 5.95 Å². The predicted octanol–water partition coefficient (Wildman–Crippen LogP) is 2.42. The molecule has 1 heterocycles. The number of rotatable bonds is 3. The highest BCUT2D eigenvalue weighted by Gasteiger charge is 2.01. The number of hydrogen-bond donors (Lipinski definition) is 3. The van der Waals surface area contributed by atoms with Gasteiger partial charge in [-0.3, -0.25) is 5.43 Å². The van der Waals surface area contributed by atoms with Crippen LogP contribution in [-0.2, 0) is 0 Å². The van der Waals surface area contributed by atoms with Crippen molar-refractivity contribution in [2.24, 2.45) is 5.84 Å². The Bertz CT molecular complexity index is 529. The summed E-state index contributed by atoms with van der Waals surface area (Å²) in [5.41, 5.74) is 4.27. The van der Waals surface area contributed by atoms with Crippen molar-refractivity contribution in [2.75, 3.05) is 10.7 Å². The van der Waals surface area contributed by atoms with Crippen molar-refractivity contribution in [1.29, 1.82) is 0 Å². The maximum absolute atomic E-state index is 5.30. The van der Waals surface area contributed by atoms with E-state index in [-0.39, 0.29) is 0 Å².